The monoisotopic (exact) mass is 483 g/mol. The highest BCUT2D eigenvalue weighted by atomic mass is 16.5. The summed E-state index contributed by atoms with van der Waals surface area (Å²) in [5.41, 5.74) is 4.96. The van der Waals surface area contributed by atoms with E-state index in [1.807, 2.05) is 53.2 Å². The van der Waals surface area contributed by atoms with Crippen LogP contribution in [0.15, 0.2) is 78.9 Å². The lowest BCUT2D eigenvalue weighted by atomic mass is 10.1. The van der Waals surface area contributed by atoms with Crippen molar-refractivity contribution in [2.75, 3.05) is 40.5 Å². The van der Waals surface area contributed by atoms with E-state index in [9.17, 15) is 0 Å². The summed E-state index contributed by atoms with van der Waals surface area (Å²) < 4.78 is 18.7. The van der Waals surface area contributed by atoms with Gasteiger partial charge in [-0.05, 0) is 105 Å². The van der Waals surface area contributed by atoms with Crippen molar-refractivity contribution in [3.8, 4) is 45.5 Å². The summed E-state index contributed by atoms with van der Waals surface area (Å²) in [5, 5.41) is 4.98. The Morgan fingerprint density at radius 1 is 0.694 bits per heavy atom. The predicted octanol–water partition coefficient (Wildman–Crippen LogP) is 6.09. The molecule has 0 saturated carbocycles. The second kappa shape index (κ2) is 11.3. The standard InChI is InChI=1S/C30H33N3O3/c1-34-26-12-8-24(9-13-26)30-22-29(31-33(30)25-10-16-27(35-2)17-11-25)23-6-14-28(15-7-23)36-21-20-32-18-4-3-5-19-32/h6-17,22H,3-5,18-21H2,1-2H3. The third-order valence-corrected chi connectivity index (χ3v) is 6.69. The fraction of sp³-hybridized carbons (Fsp3) is 0.300. The van der Waals surface area contributed by atoms with Crippen molar-refractivity contribution in [3.63, 3.8) is 0 Å². The van der Waals surface area contributed by atoms with Crippen molar-refractivity contribution in [2.24, 2.45) is 0 Å². The van der Waals surface area contributed by atoms with E-state index < -0.39 is 0 Å². The van der Waals surface area contributed by atoms with Crippen molar-refractivity contribution >= 4 is 0 Å². The van der Waals surface area contributed by atoms with Crippen molar-refractivity contribution in [2.45, 2.75) is 19.3 Å². The zero-order chi connectivity index (χ0) is 24.7. The van der Waals surface area contributed by atoms with Gasteiger partial charge in [0.1, 0.15) is 23.9 Å². The Hall–Kier alpha value is -3.77. The molecule has 0 spiro atoms. The lowest BCUT2D eigenvalue weighted by Gasteiger charge is -2.26. The maximum atomic E-state index is 6.02. The molecule has 0 bridgehead atoms. The van der Waals surface area contributed by atoms with Crippen LogP contribution < -0.4 is 14.2 Å². The minimum absolute atomic E-state index is 0.715. The number of ether oxygens (including phenoxy) is 3. The van der Waals surface area contributed by atoms with E-state index in [0.29, 0.717) is 6.61 Å². The molecule has 5 rings (SSSR count). The largest absolute Gasteiger partial charge is 0.497 e. The van der Waals surface area contributed by atoms with Crippen LogP contribution in [0.25, 0.3) is 28.2 Å². The molecule has 1 fully saturated rings. The van der Waals surface area contributed by atoms with Gasteiger partial charge in [0.15, 0.2) is 0 Å². The van der Waals surface area contributed by atoms with E-state index in [0.717, 1.165) is 52.0 Å². The summed E-state index contributed by atoms with van der Waals surface area (Å²) in [7, 11) is 3.35. The Morgan fingerprint density at radius 2 is 1.28 bits per heavy atom. The van der Waals surface area contributed by atoms with E-state index >= 15 is 0 Å². The van der Waals surface area contributed by atoms with Crippen molar-refractivity contribution < 1.29 is 14.2 Å². The minimum Gasteiger partial charge on any atom is -0.497 e. The SMILES string of the molecule is COc1ccc(-c2cc(-c3ccc(OCCN4CCCCC4)cc3)nn2-c2ccc(OC)cc2)cc1. The number of nitrogens with zero attached hydrogens (tertiary/aromatic N) is 3. The zero-order valence-corrected chi connectivity index (χ0v) is 21.0. The summed E-state index contributed by atoms with van der Waals surface area (Å²) in [6.45, 7) is 4.08. The summed E-state index contributed by atoms with van der Waals surface area (Å²) in [4.78, 5) is 2.49. The number of aromatic nitrogens is 2. The molecule has 6 heteroatoms. The normalized spacial score (nSPS) is 13.9. The molecule has 6 nitrogen and oxygen atoms in total. The average Bonchev–Trinajstić information content (AvgIpc) is 3.40. The van der Waals surface area contributed by atoms with Crippen molar-refractivity contribution in [1.29, 1.82) is 0 Å². The molecule has 36 heavy (non-hydrogen) atoms. The van der Waals surface area contributed by atoms with Gasteiger partial charge in [0.05, 0.1) is 31.3 Å². The lowest BCUT2D eigenvalue weighted by molar-refractivity contribution is 0.183. The maximum absolute atomic E-state index is 6.02. The first-order chi connectivity index (χ1) is 17.7. The quantitative estimate of drug-likeness (QED) is 0.288. The highest BCUT2D eigenvalue weighted by Gasteiger charge is 2.14. The second-order valence-corrected chi connectivity index (χ2v) is 9.03. The van der Waals surface area contributed by atoms with Gasteiger partial charge in [0.2, 0.25) is 0 Å². The Bertz CT molecular complexity index is 1180. The van der Waals surface area contributed by atoms with Crippen LogP contribution in [0.5, 0.6) is 17.2 Å². The average molecular weight is 484 g/mol. The van der Waals surface area contributed by atoms with E-state index in [4.69, 9.17) is 19.3 Å². The lowest BCUT2D eigenvalue weighted by Crippen LogP contribution is -2.33. The van der Waals surface area contributed by atoms with Gasteiger partial charge in [-0.2, -0.15) is 5.10 Å². The fourth-order valence-corrected chi connectivity index (χ4v) is 4.61. The fourth-order valence-electron chi connectivity index (χ4n) is 4.61. The Labute approximate surface area is 213 Å². The summed E-state index contributed by atoms with van der Waals surface area (Å²) in [5.74, 6) is 2.53. The van der Waals surface area contributed by atoms with Crippen LogP contribution in [0.2, 0.25) is 0 Å². The van der Waals surface area contributed by atoms with Gasteiger partial charge in [-0.3, -0.25) is 4.90 Å². The molecule has 2 heterocycles. The van der Waals surface area contributed by atoms with Crippen LogP contribution in [-0.4, -0.2) is 55.1 Å². The van der Waals surface area contributed by atoms with E-state index in [2.05, 4.69) is 35.2 Å². The summed E-state index contributed by atoms with van der Waals surface area (Å²) in [6.07, 6.45) is 3.96. The third kappa shape index (κ3) is 5.55. The van der Waals surface area contributed by atoms with Gasteiger partial charge >= 0.3 is 0 Å². The Morgan fingerprint density at radius 3 is 1.92 bits per heavy atom. The van der Waals surface area contributed by atoms with E-state index in [-0.39, 0.29) is 0 Å². The zero-order valence-electron chi connectivity index (χ0n) is 21.0. The molecule has 4 aromatic rings. The highest BCUT2D eigenvalue weighted by molar-refractivity contribution is 5.71. The number of piperidine rings is 1. The molecule has 0 unspecified atom stereocenters. The molecular formula is C30H33N3O3. The van der Waals surface area contributed by atoms with Gasteiger partial charge < -0.3 is 14.2 Å². The maximum Gasteiger partial charge on any atom is 0.119 e. The second-order valence-electron chi connectivity index (χ2n) is 9.03. The molecule has 0 aliphatic carbocycles. The van der Waals surface area contributed by atoms with Crippen LogP contribution >= 0.6 is 0 Å². The number of hydrogen-bond acceptors (Lipinski definition) is 5. The Kier molecular flexibility index (Phi) is 7.52. The molecule has 0 atom stereocenters. The van der Waals surface area contributed by atoms with Gasteiger partial charge in [-0.1, -0.05) is 6.42 Å². The van der Waals surface area contributed by atoms with Crippen molar-refractivity contribution in [3.05, 3.63) is 78.9 Å². The van der Waals surface area contributed by atoms with Gasteiger partial charge in [-0.25, -0.2) is 4.68 Å². The minimum atomic E-state index is 0.715. The summed E-state index contributed by atoms with van der Waals surface area (Å²) in [6, 6.07) is 26.3. The molecule has 1 saturated heterocycles. The van der Waals surface area contributed by atoms with Crippen LogP contribution in [0.4, 0.5) is 0 Å². The van der Waals surface area contributed by atoms with Crippen molar-refractivity contribution in [1.82, 2.24) is 14.7 Å². The molecule has 1 aliphatic rings. The number of rotatable bonds is 9. The summed E-state index contributed by atoms with van der Waals surface area (Å²) >= 11 is 0. The molecule has 186 valence electrons. The number of hydrogen-bond donors (Lipinski definition) is 0. The van der Waals surface area contributed by atoms with Crippen LogP contribution in [-0.2, 0) is 0 Å². The van der Waals surface area contributed by atoms with Gasteiger partial charge in [-0.15, -0.1) is 0 Å². The van der Waals surface area contributed by atoms with Crippen LogP contribution in [0.1, 0.15) is 19.3 Å². The van der Waals surface area contributed by atoms with E-state index in [1.54, 1.807) is 14.2 Å². The Balaban J connectivity index is 1.37. The first kappa shape index (κ1) is 23.9. The molecular weight excluding hydrogens is 450 g/mol. The highest BCUT2D eigenvalue weighted by Crippen LogP contribution is 2.31. The molecule has 0 N–H and O–H groups in total. The number of benzene rings is 3. The molecule has 3 aromatic carbocycles. The molecule has 1 aromatic heterocycles. The number of methoxy groups -OCH3 is 2. The molecule has 1 aliphatic heterocycles. The molecule has 0 radical (unpaired) electrons. The van der Waals surface area contributed by atoms with Gasteiger partial charge in [0.25, 0.3) is 0 Å². The number of likely N-dealkylation sites (tertiary alicyclic amines) is 1. The van der Waals surface area contributed by atoms with Gasteiger partial charge in [0, 0.05) is 17.7 Å². The smallest absolute Gasteiger partial charge is 0.119 e. The third-order valence-electron chi connectivity index (χ3n) is 6.69. The van der Waals surface area contributed by atoms with E-state index in [1.165, 1.54) is 32.4 Å². The predicted molar refractivity (Wildman–Crippen MR) is 143 cm³/mol. The molecule has 0 amide bonds. The van der Waals surface area contributed by atoms with Crippen LogP contribution in [0.3, 0.4) is 0 Å². The first-order valence-electron chi connectivity index (χ1n) is 12.6. The topological polar surface area (TPSA) is 48.8 Å². The first-order valence-corrected chi connectivity index (χ1v) is 12.6. The van der Waals surface area contributed by atoms with Crippen LogP contribution in [0, 0.1) is 0 Å².